The van der Waals surface area contributed by atoms with Gasteiger partial charge in [-0.2, -0.15) is 0 Å². The van der Waals surface area contributed by atoms with Gasteiger partial charge in [-0.15, -0.1) is 13.2 Å². The third kappa shape index (κ3) is 6.83. The van der Waals surface area contributed by atoms with Gasteiger partial charge in [-0.05, 0) is 79.6 Å². The Hall–Kier alpha value is -5.01. The van der Waals surface area contributed by atoms with Crippen LogP contribution in [0.3, 0.4) is 0 Å². The van der Waals surface area contributed by atoms with Crippen LogP contribution in [0.2, 0.25) is 0 Å². The number of pyridine rings is 1. The zero-order valence-electron chi connectivity index (χ0n) is 26.3. The molecule has 3 aliphatic rings. The molecule has 0 spiro atoms. The van der Waals surface area contributed by atoms with Crippen LogP contribution in [0.1, 0.15) is 32.1 Å². The lowest BCUT2D eigenvalue weighted by Gasteiger charge is -2.29. The average molecular weight is 669 g/mol. The first kappa shape index (κ1) is 32.9. The smallest absolute Gasteiger partial charge is 0.497 e. The second-order valence-electron chi connectivity index (χ2n) is 12.3. The molecule has 1 aromatic heterocycles. The van der Waals surface area contributed by atoms with Gasteiger partial charge in [0.05, 0.1) is 19.3 Å². The predicted octanol–water partition coefficient (Wildman–Crippen LogP) is 5.38. The van der Waals surface area contributed by atoms with E-state index in [4.69, 9.17) is 14.5 Å². The van der Waals surface area contributed by atoms with Crippen molar-refractivity contribution in [1.29, 1.82) is 0 Å². The van der Waals surface area contributed by atoms with Crippen LogP contribution >= 0.6 is 0 Å². The number of hydrogen-bond acceptors (Lipinski definition) is 7. The lowest BCUT2D eigenvalue weighted by Crippen LogP contribution is -2.54. The summed E-state index contributed by atoms with van der Waals surface area (Å²) in [5.74, 6) is -1.68. The van der Waals surface area contributed by atoms with Crippen LogP contribution in [0.5, 0.6) is 17.4 Å². The van der Waals surface area contributed by atoms with Crippen molar-refractivity contribution in [2.45, 2.75) is 56.2 Å². The number of fused-ring (bicyclic) bond motifs is 3. The number of hydrogen-bond donors (Lipinski definition) is 2. The molecule has 1 aliphatic carbocycles. The molecule has 2 N–H and O–H groups in total. The molecule has 3 heterocycles. The quantitative estimate of drug-likeness (QED) is 0.335. The van der Waals surface area contributed by atoms with E-state index < -0.39 is 35.9 Å². The number of ether oxygens (including phenoxy) is 3. The summed E-state index contributed by atoms with van der Waals surface area (Å²) in [7, 11) is 3.19. The average Bonchev–Trinajstić information content (AvgIpc) is 3.58. The second-order valence-corrected chi connectivity index (χ2v) is 12.3. The summed E-state index contributed by atoms with van der Waals surface area (Å²) in [5, 5.41) is 14.0. The minimum Gasteiger partial charge on any atom is -0.497 e. The standard InChI is InChI=1S/C34H35F3N4O7/c1-40-14-6-4-3-5-7-22-18-33(22,31(43)44)39-29(42)28-17-25(19-41(28)32(40)45)47-30-26-13-12-24(46-2)15-21(26)16-27(38-30)20-8-10-23(11-9-20)48-34(35,36)37/h5,7-13,15-16,22,25,28H,3-4,6,14,17-19H2,1-2H3,(H,39,42)(H,43,44)/t22-,25-,28+,33-/m1/s1. The van der Waals surface area contributed by atoms with Crippen LogP contribution in [0.15, 0.2) is 60.7 Å². The predicted molar refractivity (Wildman–Crippen MR) is 168 cm³/mol. The summed E-state index contributed by atoms with van der Waals surface area (Å²) in [4.78, 5) is 47.3. The highest BCUT2D eigenvalue weighted by molar-refractivity contribution is 5.95. The van der Waals surface area contributed by atoms with E-state index in [-0.39, 0.29) is 43.0 Å². The number of alkyl halides is 3. The van der Waals surface area contributed by atoms with Gasteiger partial charge < -0.3 is 34.4 Å². The molecule has 11 nitrogen and oxygen atoms in total. The Balaban J connectivity index is 1.31. The van der Waals surface area contributed by atoms with Crippen LogP contribution < -0.4 is 19.5 Å². The molecule has 1 saturated heterocycles. The minimum atomic E-state index is -4.83. The van der Waals surface area contributed by atoms with Gasteiger partial charge in [0.2, 0.25) is 11.8 Å². The van der Waals surface area contributed by atoms with E-state index in [2.05, 4.69) is 10.1 Å². The first-order valence-electron chi connectivity index (χ1n) is 15.6. The Morgan fingerprint density at radius 3 is 2.54 bits per heavy atom. The van der Waals surface area contributed by atoms with Gasteiger partial charge in [0.25, 0.3) is 0 Å². The zero-order valence-corrected chi connectivity index (χ0v) is 26.3. The molecule has 2 aliphatic heterocycles. The molecule has 14 heteroatoms. The summed E-state index contributed by atoms with van der Waals surface area (Å²) < 4.78 is 54.0. The Morgan fingerprint density at radius 1 is 1.08 bits per heavy atom. The van der Waals surface area contributed by atoms with Crippen molar-refractivity contribution in [1.82, 2.24) is 20.1 Å². The normalized spacial score (nSPS) is 24.7. The summed E-state index contributed by atoms with van der Waals surface area (Å²) in [5.41, 5.74) is -0.542. The molecule has 3 amide bonds. The number of aliphatic carboxylic acids is 1. The Morgan fingerprint density at radius 2 is 1.83 bits per heavy atom. The van der Waals surface area contributed by atoms with Gasteiger partial charge in [0.15, 0.2) is 0 Å². The zero-order chi connectivity index (χ0) is 34.2. The highest BCUT2D eigenvalue weighted by Gasteiger charge is 2.61. The highest BCUT2D eigenvalue weighted by Crippen LogP contribution is 2.45. The number of rotatable bonds is 6. The van der Waals surface area contributed by atoms with E-state index in [0.29, 0.717) is 34.3 Å². The van der Waals surface area contributed by atoms with Gasteiger partial charge in [-0.3, -0.25) is 4.79 Å². The lowest BCUT2D eigenvalue weighted by molar-refractivity contribution is -0.274. The summed E-state index contributed by atoms with van der Waals surface area (Å²) in [6.45, 7) is 0.520. The van der Waals surface area contributed by atoms with Gasteiger partial charge >= 0.3 is 18.4 Å². The van der Waals surface area contributed by atoms with E-state index in [9.17, 15) is 32.7 Å². The Kier molecular flexibility index (Phi) is 8.84. The number of carbonyl (C=O) groups is 3. The molecule has 3 aromatic rings. The number of benzene rings is 2. The number of carboxylic acid groups (broad SMARTS) is 1. The fourth-order valence-electron chi connectivity index (χ4n) is 6.35. The Labute approximate surface area is 274 Å². The van der Waals surface area contributed by atoms with Crippen molar-refractivity contribution in [2.24, 2.45) is 5.92 Å². The van der Waals surface area contributed by atoms with E-state index in [0.717, 1.165) is 19.3 Å². The monoisotopic (exact) mass is 668 g/mol. The molecule has 6 rings (SSSR count). The van der Waals surface area contributed by atoms with E-state index in [1.165, 1.54) is 36.3 Å². The molecule has 0 bridgehead atoms. The lowest BCUT2D eigenvalue weighted by atomic mass is 10.1. The minimum absolute atomic E-state index is 0.0394. The maximum absolute atomic E-state index is 13.7. The molecule has 48 heavy (non-hydrogen) atoms. The summed E-state index contributed by atoms with van der Waals surface area (Å²) >= 11 is 0. The summed E-state index contributed by atoms with van der Waals surface area (Å²) in [6, 6.07) is 10.9. The van der Waals surface area contributed by atoms with Crippen LogP contribution in [0.25, 0.3) is 22.0 Å². The van der Waals surface area contributed by atoms with Crippen LogP contribution in [-0.4, -0.2) is 89.1 Å². The number of methoxy groups -OCH3 is 1. The molecular formula is C34H35F3N4O7. The molecule has 0 radical (unpaired) electrons. The molecule has 0 unspecified atom stereocenters. The van der Waals surface area contributed by atoms with E-state index in [1.54, 1.807) is 36.2 Å². The van der Waals surface area contributed by atoms with Crippen molar-refractivity contribution in [3.05, 3.63) is 60.7 Å². The first-order valence-corrected chi connectivity index (χ1v) is 15.6. The molecule has 4 atom stereocenters. The van der Waals surface area contributed by atoms with Gasteiger partial charge in [0.1, 0.15) is 29.2 Å². The number of amides is 3. The van der Waals surface area contributed by atoms with Gasteiger partial charge in [0, 0.05) is 36.9 Å². The maximum atomic E-state index is 13.7. The van der Waals surface area contributed by atoms with E-state index >= 15 is 0 Å². The third-order valence-electron chi connectivity index (χ3n) is 9.03. The maximum Gasteiger partial charge on any atom is 0.573 e. The third-order valence-corrected chi connectivity index (χ3v) is 9.03. The molecule has 2 aromatic carbocycles. The number of aromatic nitrogens is 1. The van der Waals surface area contributed by atoms with Crippen LogP contribution in [0, 0.1) is 5.92 Å². The van der Waals surface area contributed by atoms with Crippen molar-refractivity contribution < 1.29 is 46.9 Å². The first-order chi connectivity index (χ1) is 22.9. The van der Waals surface area contributed by atoms with Crippen LogP contribution in [0.4, 0.5) is 18.0 Å². The second kappa shape index (κ2) is 12.9. The fraction of sp³-hybridized carbons (Fsp3) is 0.412. The Bertz CT molecular complexity index is 1750. The van der Waals surface area contributed by atoms with Gasteiger partial charge in [-0.1, -0.05) is 12.2 Å². The number of carboxylic acids is 1. The van der Waals surface area contributed by atoms with Crippen LogP contribution in [-0.2, 0) is 9.59 Å². The van der Waals surface area contributed by atoms with Crippen molar-refractivity contribution in [2.75, 3.05) is 27.2 Å². The van der Waals surface area contributed by atoms with Crippen molar-refractivity contribution in [3.63, 3.8) is 0 Å². The van der Waals surface area contributed by atoms with Gasteiger partial charge in [-0.25, -0.2) is 14.6 Å². The molecule has 254 valence electrons. The topological polar surface area (TPSA) is 131 Å². The van der Waals surface area contributed by atoms with Crippen molar-refractivity contribution >= 4 is 28.7 Å². The number of nitrogens with one attached hydrogen (secondary N) is 1. The number of carbonyl (C=O) groups excluding carboxylic acids is 2. The molecule has 1 saturated carbocycles. The molecule has 2 fully saturated rings. The number of allylic oxidation sites excluding steroid dienone is 1. The largest absolute Gasteiger partial charge is 0.573 e. The molecular weight excluding hydrogens is 633 g/mol. The van der Waals surface area contributed by atoms with E-state index in [1.807, 2.05) is 12.2 Å². The SMILES string of the molecule is COc1ccc2c(O[C@@H]3C[C@H]4C(=O)N[C@]5(C(=O)O)C[C@H]5C=CCCCCN(C)C(=O)N4C3)nc(-c3ccc(OC(F)(F)F)cc3)cc2c1. The number of urea groups is 1. The highest BCUT2D eigenvalue weighted by atomic mass is 19.4. The fourth-order valence-corrected chi connectivity index (χ4v) is 6.35. The van der Waals surface area contributed by atoms with Crippen molar-refractivity contribution in [3.8, 4) is 28.6 Å². The number of nitrogens with zero attached hydrogens (tertiary/aromatic N) is 3. The number of halogens is 3. The summed E-state index contributed by atoms with van der Waals surface area (Å²) in [6.07, 6.45) is 0.898.